The molecule has 144 valence electrons. The first kappa shape index (κ1) is 22.6. The Morgan fingerprint density at radius 3 is 2.04 bits per heavy atom. The fourth-order valence-corrected chi connectivity index (χ4v) is 1.82. The van der Waals surface area contributed by atoms with Gasteiger partial charge in [0.1, 0.15) is 12.1 Å². The van der Waals surface area contributed by atoms with Crippen molar-refractivity contribution in [2.24, 2.45) is 11.7 Å². The molecule has 3 unspecified atom stereocenters. The number of hydrogen-bond acceptors (Lipinski definition) is 5. The van der Waals surface area contributed by atoms with E-state index in [0.29, 0.717) is 19.4 Å². The van der Waals surface area contributed by atoms with Crippen LogP contribution in [0.15, 0.2) is 0 Å². The second kappa shape index (κ2) is 11.2. The van der Waals surface area contributed by atoms with Crippen LogP contribution in [0, 0.1) is 5.92 Å². The van der Waals surface area contributed by atoms with Crippen LogP contribution in [0.2, 0.25) is 0 Å². The molecule has 25 heavy (non-hydrogen) atoms. The first-order chi connectivity index (χ1) is 11.6. The van der Waals surface area contributed by atoms with E-state index in [0.717, 1.165) is 0 Å². The standard InChI is InChI=1S/C15H28N4O6/c1-8(2)11(16)12(20)17-7-5-4-6-10(14(23)24)19-15(25)18-9(3)13(21)22/h8-11H,4-7,16H2,1-3H3,(H,17,20)(H,21,22)(H,23,24)(H2,18,19,25). The highest BCUT2D eigenvalue weighted by atomic mass is 16.4. The predicted molar refractivity (Wildman–Crippen MR) is 89.9 cm³/mol. The molecule has 7 N–H and O–H groups in total. The van der Waals surface area contributed by atoms with Gasteiger partial charge in [-0.2, -0.15) is 0 Å². The van der Waals surface area contributed by atoms with E-state index >= 15 is 0 Å². The van der Waals surface area contributed by atoms with Gasteiger partial charge in [0.15, 0.2) is 0 Å². The first-order valence-electron chi connectivity index (χ1n) is 8.12. The van der Waals surface area contributed by atoms with Gasteiger partial charge in [0, 0.05) is 6.54 Å². The summed E-state index contributed by atoms with van der Waals surface area (Å²) in [6, 6.07) is -3.73. The summed E-state index contributed by atoms with van der Waals surface area (Å²) in [7, 11) is 0. The molecule has 3 atom stereocenters. The lowest BCUT2D eigenvalue weighted by atomic mass is 10.0. The van der Waals surface area contributed by atoms with E-state index in [-0.39, 0.29) is 18.2 Å². The SMILES string of the molecule is CC(NC(=O)NC(CCCCNC(=O)C(N)C(C)C)C(=O)O)C(=O)O. The number of carboxylic acids is 2. The van der Waals surface area contributed by atoms with E-state index in [1.54, 1.807) is 0 Å². The van der Waals surface area contributed by atoms with Crippen molar-refractivity contribution in [2.75, 3.05) is 6.54 Å². The van der Waals surface area contributed by atoms with Crippen molar-refractivity contribution < 1.29 is 29.4 Å². The van der Waals surface area contributed by atoms with Crippen molar-refractivity contribution in [2.45, 2.75) is 58.2 Å². The summed E-state index contributed by atoms with van der Waals surface area (Å²) in [5.41, 5.74) is 5.69. The molecule has 0 aromatic rings. The summed E-state index contributed by atoms with van der Waals surface area (Å²) >= 11 is 0. The van der Waals surface area contributed by atoms with Crippen molar-refractivity contribution in [3.05, 3.63) is 0 Å². The number of rotatable bonds is 11. The molecule has 0 aliphatic rings. The number of amides is 3. The summed E-state index contributed by atoms with van der Waals surface area (Å²) in [5, 5.41) is 24.8. The number of urea groups is 1. The fourth-order valence-electron chi connectivity index (χ4n) is 1.82. The Labute approximate surface area is 146 Å². The zero-order valence-corrected chi connectivity index (χ0v) is 14.7. The van der Waals surface area contributed by atoms with Crippen molar-refractivity contribution >= 4 is 23.9 Å². The second-order valence-corrected chi connectivity index (χ2v) is 6.13. The van der Waals surface area contributed by atoms with Gasteiger partial charge in [0.25, 0.3) is 0 Å². The largest absolute Gasteiger partial charge is 0.480 e. The van der Waals surface area contributed by atoms with Gasteiger partial charge in [0.2, 0.25) is 5.91 Å². The van der Waals surface area contributed by atoms with Gasteiger partial charge in [-0.15, -0.1) is 0 Å². The Kier molecular flexibility index (Phi) is 10.2. The molecule has 0 bridgehead atoms. The smallest absolute Gasteiger partial charge is 0.326 e. The maximum absolute atomic E-state index is 11.6. The molecule has 0 heterocycles. The van der Waals surface area contributed by atoms with Crippen LogP contribution in [0.5, 0.6) is 0 Å². The number of carbonyl (C=O) groups is 4. The number of nitrogens with two attached hydrogens (primary N) is 1. The molecule has 0 aromatic carbocycles. The molecular formula is C15H28N4O6. The normalized spacial score (nSPS) is 14.3. The van der Waals surface area contributed by atoms with Crippen LogP contribution >= 0.6 is 0 Å². The summed E-state index contributed by atoms with van der Waals surface area (Å²) in [6.07, 6.45) is 1.12. The molecule has 0 radical (unpaired) electrons. The van der Waals surface area contributed by atoms with Gasteiger partial charge < -0.3 is 31.9 Å². The van der Waals surface area contributed by atoms with Crippen molar-refractivity contribution in [3.63, 3.8) is 0 Å². The lowest BCUT2D eigenvalue weighted by Crippen LogP contribution is -2.50. The van der Waals surface area contributed by atoms with Gasteiger partial charge in [-0.05, 0) is 32.1 Å². The summed E-state index contributed by atoms with van der Waals surface area (Å²) in [6.45, 7) is 5.29. The molecule has 0 saturated heterocycles. The number of carbonyl (C=O) groups excluding carboxylic acids is 2. The van der Waals surface area contributed by atoms with Crippen LogP contribution in [0.1, 0.15) is 40.0 Å². The van der Waals surface area contributed by atoms with E-state index in [1.807, 2.05) is 13.8 Å². The number of aliphatic carboxylic acids is 2. The Hall–Kier alpha value is -2.36. The van der Waals surface area contributed by atoms with Crippen LogP contribution in [0.25, 0.3) is 0 Å². The molecule has 0 fully saturated rings. The average molecular weight is 360 g/mol. The fraction of sp³-hybridized carbons (Fsp3) is 0.733. The average Bonchev–Trinajstić information content (AvgIpc) is 2.51. The lowest BCUT2D eigenvalue weighted by molar-refractivity contribution is -0.139. The maximum atomic E-state index is 11.6. The van der Waals surface area contributed by atoms with Crippen LogP contribution in [0.3, 0.4) is 0 Å². The van der Waals surface area contributed by atoms with Crippen LogP contribution < -0.4 is 21.7 Å². The van der Waals surface area contributed by atoms with Crippen molar-refractivity contribution in [1.82, 2.24) is 16.0 Å². The molecule has 0 spiro atoms. The zero-order chi connectivity index (χ0) is 19.6. The monoisotopic (exact) mass is 360 g/mol. The Bertz CT molecular complexity index is 483. The molecule has 10 heteroatoms. The minimum absolute atomic E-state index is 0.0206. The number of hydrogen-bond donors (Lipinski definition) is 6. The van der Waals surface area contributed by atoms with Gasteiger partial charge >= 0.3 is 18.0 Å². The molecule has 10 nitrogen and oxygen atoms in total. The predicted octanol–water partition coefficient (Wildman–Crippen LogP) is -0.518. The molecular weight excluding hydrogens is 332 g/mol. The van der Waals surface area contributed by atoms with E-state index < -0.39 is 36.1 Å². The van der Waals surface area contributed by atoms with Gasteiger partial charge in [0.05, 0.1) is 6.04 Å². The third-order valence-electron chi connectivity index (χ3n) is 3.56. The highest BCUT2D eigenvalue weighted by Gasteiger charge is 2.22. The third kappa shape index (κ3) is 9.50. The molecule has 0 saturated carbocycles. The molecule has 0 rings (SSSR count). The van der Waals surface area contributed by atoms with Crippen LogP contribution in [-0.2, 0) is 14.4 Å². The maximum Gasteiger partial charge on any atom is 0.326 e. The minimum atomic E-state index is -1.22. The Morgan fingerprint density at radius 1 is 0.960 bits per heavy atom. The van der Waals surface area contributed by atoms with E-state index in [4.69, 9.17) is 15.9 Å². The number of carboxylic acid groups (broad SMARTS) is 2. The quantitative estimate of drug-likeness (QED) is 0.269. The summed E-state index contributed by atoms with van der Waals surface area (Å²) in [4.78, 5) is 45.0. The highest BCUT2D eigenvalue weighted by molar-refractivity contribution is 5.85. The van der Waals surface area contributed by atoms with E-state index in [2.05, 4.69) is 16.0 Å². The minimum Gasteiger partial charge on any atom is -0.480 e. The Balaban J connectivity index is 4.17. The van der Waals surface area contributed by atoms with Gasteiger partial charge in [-0.25, -0.2) is 9.59 Å². The summed E-state index contributed by atoms with van der Waals surface area (Å²) in [5.74, 6) is -2.68. The summed E-state index contributed by atoms with van der Waals surface area (Å²) < 4.78 is 0. The number of nitrogens with one attached hydrogen (secondary N) is 3. The Morgan fingerprint density at radius 2 is 1.56 bits per heavy atom. The topological polar surface area (TPSA) is 171 Å². The molecule has 0 aliphatic heterocycles. The lowest BCUT2D eigenvalue weighted by Gasteiger charge is -2.17. The van der Waals surface area contributed by atoms with Crippen molar-refractivity contribution in [1.29, 1.82) is 0 Å². The van der Waals surface area contributed by atoms with Crippen molar-refractivity contribution in [3.8, 4) is 0 Å². The third-order valence-corrected chi connectivity index (χ3v) is 3.56. The van der Waals surface area contributed by atoms with Crippen LogP contribution in [0.4, 0.5) is 4.79 Å². The van der Waals surface area contributed by atoms with E-state index in [9.17, 15) is 19.2 Å². The molecule has 3 amide bonds. The molecule has 0 aromatic heterocycles. The van der Waals surface area contributed by atoms with Gasteiger partial charge in [-0.3, -0.25) is 9.59 Å². The number of unbranched alkanes of at least 4 members (excludes halogenated alkanes) is 1. The van der Waals surface area contributed by atoms with Gasteiger partial charge in [-0.1, -0.05) is 13.8 Å². The zero-order valence-electron chi connectivity index (χ0n) is 14.7. The van der Waals surface area contributed by atoms with Crippen LogP contribution in [-0.4, -0.2) is 58.8 Å². The van der Waals surface area contributed by atoms with E-state index in [1.165, 1.54) is 6.92 Å². The first-order valence-corrected chi connectivity index (χ1v) is 8.12. The highest BCUT2D eigenvalue weighted by Crippen LogP contribution is 2.02. The molecule has 0 aliphatic carbocycles. The second-order valence-electron chi connectivity index (χ2n) is 6.13.